The predicted octanol–water partition coefficient (Wildman–Crippen LogP) is 2.52. The molecule has 0 atom stereocenters. The van der Waals surface area contributed by atoms with Crippen molar-refractivity contribution in [2.24, 2.45) is 0 Å². The van der Waals surface area contributed by atoms with Crippen molar-refractivity contribution in [2.45, 2.75) is 39.0 Å². The molecule has 0 unspecified atom stereocenters. The minimum Gasteiger partial charge on any atom is -0.398 e. The van der Waals surface area contributed by atoms with Gasteiger partial charge in [-0.05, 0) is 31.4 Å². The summed E-state index contributed by atoms with van der Waals surface area (Å²) in [6, 6.07) is 5.89. The van der Waals surface area contributed by atoms with Crippen LogP contribution in [0.15, 0.2) is 18.2 Å². The van der Waals surface area contributed by atoms with Crippen LogP contribution in [0.1, 0.15) is 36.8 Å². The lowest BCUT2D eigenvalue weighted by molar-refractivity contribution is -0.130. The van der Waals surface area contributed by atoms with Crippen molar-refractivity contribution in [3.63, 3.8) is 0 Å². The Labute approximate surface area is 109 Å². The van der Waals surface area contributed by atoms with E-state index in [1.165, 1.54) is 12.8 Å². The molecule has 0 aliphatic carbocycles. The van der Waals surface area contributed by atoms with Crippen LogP contribution in [0.25, 0.3) is 0 Å². The summed E-state index contributed by atoms with van der Waals surface area (Å²) < 4.78 is 0. The molecule has 18 heavy (non-hydrogen) atoms. The smallest absolute Gasteiger partial charge is 0.227 e. The highest BCUT2D eigenvalue weighted by Crippen LogP contribution is 2.17. The summed E-state index contributed by atoms with van der Waals surface area (Å²) in [6.45, 7) is 3.84. The Hall–Kier alpha value is -1.51. The average molecular weight is 246 g/mol. The molecule has 1 saturated heterocycles. The maximum atomic E-state index is 12.3. The molecule has 98 valence electrons. The minimum absolute atomic E-state index is 0.217. The van der Waals surface area contributed by atoms with Gasteiger partial charge in [-0.3, -0.25) is 4.79 Å². The zero-order valence-electron chi connectivity index (χ0n) is 11.1. The fourth-order valence-electron chi connectivity index (χ4n) is 2.48. The van der Waals surface area contributed by atoms with Crippen LogP contribution in [0, 0.1) is 6.92 Å². The monoisotopic (exact) mass is 246 g/mol. The van der Waals surface area contributed by atoms with E-state index in [4.69, 9.17) is 5.73 Å². The van der Waals surface area contributed by atoms with Gasteiger partial charge in [0, 0.05) is 18.8 Å². The number of anilines is 1. The molecule has 1 aliphatic heterocycles. The number of hydrogen-bond acceptors (Lipinski definition) is 2. The van der Waals surface area contributed by atoms with Gasteiger partial charge in [-0.15, -0.1) is 0 Å². The summed E-state index contributed by atoms with van der Waals surface area (Å²) in [7, 11) is 0. The van der Waals surface area contributed by atoms with Gasteiger partial charge in [-0.2, -0.15) is 0 Å². The fraction of sp³-hybridized carbons (Fsp3) is 0.533. The Kier molecular flexibility index (Phi) is 4.24. The standard InChI is InChI=1S/C15H22N2O/c1-12-6-7-14(16)13(10-12)11-15(18)17-8-4-2-3-5-9-17/h6-7,10H,2-5,8-9,11,16H2,1H3. The van der Waals surface area contributed by atoms with Crippen LogP contribution in [-0.2, 0) is 11.2 Å². The largest absolute Gasteiger partial charge is 0.398 e. The number of carbonyl (C=O) groups excluding carboxylic acids is 1. The number of carbonyl (C=O) groups is 1. The summed E-state index contributed by atoms with van der Waals surface area (Å²) >= 11 is 0. The molecule has 2 N–H and O–H groups in total. The fourth-order valence-corrected chi connectivity index (χ4v) is 2.48. The van der Waals surface area contributed by atoms with Crippen molar-refractivity contribution in [3.05, 3.63) is 29.3 Å². The number of rotatable bonds is 2. The molecule has 1 fully saturated rings. The van der Waals surface area contributed by atoms with Crippen LogP contribution < -0.4 is 5.73 Å². The summed E-state index contributed by atoms with van der Waals surface area (Å²) in [5, 5.41) is 0. The van der Waals surface area contributed by atoms with E-state index in [9.17, 15) is 4.79 Å². The number of nitrogens with two attached hydrogens (primary N) is 1. The minimum atomic E-state index is 0.217. The maximum absolute atomic E-state index is 12.3. The first-order valence-corrected chi connectivity index (χ1v) is 6.79. The number of benzene rings is 1. The van der Waals surface area contributed by atoms with Crippen LogP contribution in [0.5, 0.6) is 0 Å². The summed E-state index contributed by atoms with van der Waals surface area (Å²) in [6.07, 6.45) is 5.20. The molecule has 0 radical (unpaired) electrons. The SMILES string of the molecule is Cc1ccc(N)c(CC(=O)N2CCCCCC2)c1. The third kappa shape index (κ3) is 3.25. The third-order valence-electron chi connectivity index (χ3n) is 3.60. The van der Waals surface area contributed by atoms with Crippen molar-refractivity contribution >= 4 is 11.6 Å². The molecule has 3 nitrogen and oxygen atoms in total. The number of likely N-dealkylation sites (tertiary alicyclic amines) is 1. The molecule has 1 aromatic carbocycles. The molecule has 0 aromatic heterocycles. The molecule has 2 rings (SSSR count). The predicted molar refractivity (Wildman–Crippen MR) is 74.3 cm³/mol. The van der Waals surface area contributed by atoms with Gasteiger partial charge >= 0.3 is 0 Å². The second-order valence-corrected chi connectivity index (χ2v) is 5.17. The first-order valence-electron chi connectivity index (χ1n) is 6.79. The molecular formula is C15H22N2O. The molecule has 3 heteroatoms. The van der Waals surface area contributed by atoms with Crippen LogP contribution in [0.2, 0.25) is 0 Å². The van der Waals surface area contributed by atoms with Crippen molar-refractivity contribution in [3.8, 4) is 0 Å². The Morgan fingerprint density at radius 1 is 1.22 bits per heavy atom. The molecule has 0 spiro atoms. The van der Waals surface area contributed by atoms with Crippen molar-refractivity contribution < 1.29 is 4.79 Å². The average Bonchev–Trinajstić information content (AvgIpc) is 2.62. The molecular weight excluding hydrogens is 224 g/mol. The quantitative estimate of drug-likeness (QED) is 0.815. The van der Waals surface area contributed by atoms with E-state index in [2.05, 4.69) is 0 Å². The Balaban J connectivity index is 2.03. The molecule has 1 heterocycles. The second kappa shape index (κ2) is 5.89. The number of nitrogen functional groups attached to an aromatic ring is 1. The summed E-state index contributed by atoms with van der Waals surface area (Å²) in [5.74, 6) is 0.217. The van der Waals surface area contributed by atoms with Crippen molar-refractivity contribution in [1.29, 1.82) is 0 Å². The van der Waals surface area contributed by atoms with E-state index in [0.717, 1.165) is 42.7 Å². The lowest BCUT2D eigenvalue weighted by atomic mass is 10.1. The number of hydrogen-bond donors (Lipinski definition) is 1. The lowest BCUT2D eigenvalue weighted by Gasteiger charge is -2.20. The van der Waals surface area contributed by atoms with E-state index in [-0.39, 0.29) is 5.91 Å². The van der Waals surface area contributed by atoms with E-state index in [1.807, 2.05) is 30.0 Å². The van der Waals surface area contributed by atoms with Gasteiger partial charge in [0.25, 0.3) is 0 Å². The van der Waals surface area contributed by atoms with E-state index in [1.54, 1.807) is 0 Å². The Morgan fingerprint density at radius 2 is 1.89 bits per heavy atom. The second-order valence-electron chi connectivity index (χ2n) is 5.17. The Morgan fingerprint density at radius 3 is 2.56 bits per heavy atom. The Bertz CT molecular complexity index is 421. The number of amides is 1. The first-order chi connectivity index (χ1) is 8.66. The van der Waals surface area contributed by atoms with E-state index >= 15 is 0 Å². The van der Waals surface area contributed by atoms with Crippen molar-refractivity contribution in [1.82, 2.24) is 4.90 Å². The number of aryl methyl sites for hydroxylation is 1. The van der Waals surface area contributed by atoms with E-state index in [0.29, 0.717) is 6.42 Å². The molecule has 1 aliphatic rings. The van der Waals surface area contributed by atoms with Crippen LogP contribution in [0.3, 0.4) is 0 Å². The molecule has 0 saturated carbocycles. The molecule has 0 bridgehead atoms. The van der Waals surface area contributed by atoms with Gasteiger partial charge < -0.3 is 10.6 Å². The summed E-state index contributed by atoms with van der Waals surface area (Å²) in [4.78, 5) is 14.2. The van der Waals surface area contributed by atoms with Gasteiger partial charge in [-0.25, -0.2) is 0 Å². The van der Waals surface area contributed by atoms with Gasteiger partial charge in [0.05, 0.1) is 6.42 Å². The van der Waals surface area contributed by atoms with Gasteiger partial charge in [0.15, 0.2) is 0 Å². The van der Waals surface area contributed by atoms with Crippen LogP contribution >= 0.6 is 0 Å². The first kappa shape index (κ1) is 12.9. The highest BCUT2D eigenvalue weighted by atomic mass is 16.2. The highest BCUT2D eigenvalue weighted by Gasteiger charge is 2.16. The topological polar surface area (TPSA) is 46.3 Å². The van der Waals surface area contributed by atoms with Crippen molar-refractivity contribution in [2.75, 3.05) is 18.8 Å². The van der Waals surface area contributed by atoms with Gasteiger partial charge in [-0.1, -0.05) is 30.5 Å². The van der Waals surface area contributed by atoms with Crippen LogP contribution in [0.4, 0.5) is 5.69 Å². The van der Waals surface area contributed by atoms with Gasteiger partial charge in [0.1, 0.15) is 0 Å². The summed E-state index contributed by atoms with van der Waals surface area (Å²) in [5.41, 5.74) is 8.77. The zero-order valence-corrected chi connectivity index (χ0v) is 11.1. The van der Waals surface area contributed by atoms with E-state index < -0.39 is 0 Å². The normalized spacial score (nSPS) is 16.4. The van der Waals surface area contributed by atoms with Crippen LogP contribution in [-0.4, -0.2) is 23.9 Å². The van der Waals surface area contributed by atoms with Gasteiger partial charge in [0.2, 0.25) is 5.91 Å². The third-order valence-corrected chi connectivity index (χ3v) is 3.60. The lowest BCUT2D eigenvalue weighted by Crippen LogP contribution is -2.33. The number of nitrogens with zero attached hydrogens (tertiary/aromatic N) is 1. The molecule has 1 amide bonds. The zero-order chi connectivity index (χ0) is 13.0. The molecule has 1 aromatic rings. The maximum Gasteiger partial charge on any atom is 0.227 e. The highest BCUT2D eigenvalue weighted by molar-refractivity contribution is 5.80.